The second kappa shape index (κ2) is 5.46. The Hall–Kier alpha value is -1.45. The summed E-state index contributed by atoms with van der Waals surface area (Å²) in [7, 11) is 1.67. The van der Waals surface area contributed by atoms with Gasteiger partial charge < -0.3 is 14.5 Å². The molecule has 18 heavy (non-hydrogen) atoms. The number of hydrazone groups is 1. The summed E-state index contributed by atoms with van der Waals surface area (Å²) in [6.07, 6.45) is 1.63. The Morgan fingerprint density at radius 3 is 3.11 bits per heavy atom. The van der Waals surface area contributed by atoms with Crippen LogP contribution in [0.2, 0.25) is 4.47 Å². The summed E-state index contributed by atoms with van der Waals surface area (Å²) < 4.78 is 5.72. The number of aromatic nitrogens is 1. The Kier molecular flexibility index (Phi) is 3.94. The van der Waals surface area contributed by atoms with E-state index in [1.54, 1.807) is 23.0 Å². The number of ether oxygens (including phenoxy) is 1. The normalized spacial score (nSPS) is 18.4. The summed E-state index contributed by atoms with van der Waals surface area (Å²) in [5.41, 5.74) is 0. The van der Waals surface area contributed by atoms with Gasteiger partial charge in [-0.25, -0.2) is 15.1 Å². The Bertz CT molecular complexity index is 479. The molecule has 1 fully saturated rings. The van der Waals surface area contributed by atoms with Crippen molar-refractivity contribution in [1.29, 1.82) is 0 Å². The molecule has 0 spiro atoms. The number of thiazole rings is 1. The molecule has 98 valence electrons. The highest BCUT2D eigenvalue weighted by Gasteiger charge is 2.25. The smallest absolute Gasteiger partial charge is 0.277 e. The van der Waals surface area contributed by atoms with Crippen molar-refractivity contribution in [3.05, 3.63) is 25.7 Å². The Morgan fingerprint density at radius 2 is 2.50 bits per heavy atom. The van der Waals surface area contributed by atoms with Gasteiger partial charge in [0.05, 0.1) is 6.54 Å². The fraction of sp³-hybridized carbons (Fsp3) is 0.500. The summed E-state index contributed by atoms with van der Waals surface area (Å²) in [6, 6.07) is 0. The molecule has 1 saturated heterocycles. The number of halogens is 1. The van der Waals surface area contributed by atoms with Gasteiger partial charge in [0.1, 0.15) is 18.6 Å². The van der Waals surface area contributed by atoms with Crippen molar-refractivity contribution in [2.75, 3.05) is 20.5 Å². The molecular weight excluding hydrogens is 282 g/mol. The predicted octanol–water partition coefficient (Wildman–Crippen LogP) is 1.02. The Labute approximate surface area is 112 Å². The monoisotopic (exact) mass is 291 g/mol. The average Bonchev–Trinajstić information content (AvgIpc) is 2.69. The average molecular weight is 292 g/mol. The molecule has 0 atom stereocenters. The minimum atomic E-state index is -0.718. The maximum atomic E-state index is 10.5. The van der Waals surface area contributed by atoms with Crippen molar-refractivity contribution in [2.45, 2.75) is 6.54 Å². The second-order valence-electron chi connectivity index (χ2n) is 3.58. The molecule has 2 heterocycles. The molecule has 0 radical (unpaired) electrons. The molecule has 1 aromatic heterocycles. The van der Waals surface area contributed by atoms with Gasteiger partial charge in [0.25, 0.3) is 5.96 Å². The van der Waals surface area contributed by atoms with Crippen LogP contribution in [0.5, 0.6) is 0 Å². The highest BCUT2D eigenvalue weighted by Crippen LogP contribution is 2.20. The maximum absolute atomic E-state index is 10.5. The first-order chi connectivity index (χ1) is 8.56. The number of hydrogen-bond acceptors (Lipinski definition) is 5. The van der Waals surface area contributed by atoms with Gasteiger partial charge in [-0.15, -0.1) is 11.3 Å². The third-order valence-corrected chi connectivity index (χ3v) is 3.30. The van der Waals surface area contributed by atoms with Gasteiger partial charge in [0.2, 0.25) is 0 Å². The fourth-order valence-electron chi connectivity index (χ4n) is 1.52. The summed E-state index contributed by atoms with van der Waals surface area (Å²) >= 11 is 7.05. The molecule has 0 bridgehead atoms. The minimum absolute atomic E-state index is 0.243. The quantitative estimate of drug-likeness (QED) is 0.611. The molecule has 1 aliphatic rings. The van der Waals surface area contributed by atoms with Crippen LogP contribution in [0, 0.1) is 10.1 Å². The van der Waals surface area contributed by atoms with E-state index in [1.165, 1.54) is 11.3 Å². The first-order valence-corrected chi connectivity index (χ1v) is 6.12. The van der Waals surface area contributed by atoms with Crippen molar-refractivity contribution in [3.8, 4) is 0 Å². The lowest BCUT2D eigenvalue weighted by molar-refractivity contribution is -0.486. The third-order valence-electron chi connectivity index (χ3n) is 2.20. The number of rotatable bonds is 3. The van der Waals surface area contributed by atoms with Crippen molar-refractivity contribution >= 4 is 28.9 Å². The lowest BCUT2D eigenvalue weighted by Gasteiger charge is -2.34. The van der Waals surface area contributed by atoms with Gasteiger partial charge in [-0.1, -0.05) is 11.6 Å². The number of nitrogens with zero attached hydrogens (tertiary/aromatic N) is 5. The molecule has 0 unspecified atom stereocenters. The van der Waals surface area contributed by atoms with E-state index in [0.29, 0.717) is 11.0 Å². The van der Waals surface area contributed by atoms with Crippen LogP contribution in [0.4, 0.5) is 0 Å². The van der Waals surface area contributed by atoms with Crippen LogP contribution in [0.3, 0.4) is 0 Å². The molecule has 0 N–H and O–H groups in total. The van der Waals surface area contributed by atoms with Crippen molar-refractivity contribution < 1.29 is 9.77 Å². The van der Waals surface area contributed by atoms with Gasteiger partial charge in [-0.3, -0.25) is 0 Å². The Morgan fingerprint density at radius 1 is 1.72 bits per heavy atom. The molecular formula is C8H10ClN5O3S. The summed E-state index contributed by atoms with van der Waals surface area (Å²) in [4.78, 5) is 18.5. The van der Waals surface area contributed by atoms with E-state index in [-0.39, 0.29) is 19.4 Å². The lowest BCUT2D eigenvalue weighted by atomic mass is 10.5. The van der Waals surface area contributed by atoms with Crippen LogP contribution in [0.15, 0.2) is 11.3 Å². The van der Waals surface area contributed by atoms with Gasteiger partial charge in [0.15, 0.2) is 9.50 Å². The van der Waals surface area contributed by atoms with Crippen LogP contribution in [0.1, 0.15) is 4.88 Å². The standard InChI is InChI=1S/C8H10ClN5O3S/c1-12-4-17-5-13(8(12)11-14(15)16)3-6-2-10-7(9)18-6/h2H,3-5H2,1H3/b11-8+. The zero-order valence-corrected chi connectivity index (χ0v) is 11.0. The van der Waals surface area contributed by atoms with Crippen LogP contribution in [-0.2, 0) is 11.3 Å². The maximum Gasteiger partial charge on any atom is 0.277 e. The van der Waals surface area contributed by atoms with E-state index in [4.69, 9.17) is 16.3 Å². The van der Waals surface area contributed by atoms with Gasteiger partial charge in [-0.05, 0) is 0 Å². The highest BCUT2D eigenvalue weighted by atomic mass is 35.5. The summed E-state index contributed by atoms with van der Waals surface area (Å²) in [5.74, 6) is 0.260. The molecule has 1 aromatic rings. The number of guanidine groups is 1. The van der Waals surface area contributed by atoms with E-state index >= 15 is 0 Å². The summed E-state index contributed by atoms with van der Waals surface area (Å²) in [6.45, 7) is 0.931. The molecule has 0 aliphatic carbocycles. The molecule has 0 amide bonds. The lowest BCUT2D eigenvalue weighted by Crippen LogP contribution is -2.49. The minimum Gasteiger partial charge on any atom is -0.341 e. The first kappa shape index (κ1) is 13.0. The zero-order valence-electron chi connectivity index (χ0n) is 9.45. The van der Waals surface area contributed by atoms with Gasteiger partial charge in [-0.2, -0.15) is 0 Å². The summed E-state index contributed by atoms with van der Waals surface area (Å²) in [5, 5.41) is 13.2. The molecule has 1 aliphatic heterocycles. The Balaban J connectivity index is 2.15. The largest absolute Gasteiger partial charge is 0.341 e. The topological polar surface area (TPSA) is 84.1 Å². The predicted molar refractivity (Wildman–Crippen MR) is 65.7 cm³/mol. The first-order valence-electron chi connectivity index (χ1n) is 4.93. The van der Waals surface area contributed by atoms with Gasteiger partial charge in [0, 0.05) is 18.1 Å². The molecule has 0 aromatic carbocycles. The fourth-order valence-corrected chi connectivity index (χ4v) is 2.51. The van der Waals surface area contributed by atoms with Crippen LogP contribution >= 0.6 is 22.9 Å². The molecule has 0 saturated carbocycles. The number of nitro groups is 1. The van der Waals surface area contributed by atoms with E-state index in [2.05, 4.69) is 10.1 Å². The van der Waals surface area contributed by atoms with Crippen molar-refractivity contribution in [1.82, 2.24) is 14.8 Å². The van der Waals surface area contributed by atoms with Gasteiger partial charge >= 0.3 is 0 Å². The zero-order chi connectivity index (χ0) is 13.1. The molecule has 2 rings (SSSR count). The van der Waals surface area contributed by atoms with Crippen LogP contribution in [-0.4, -0.2) is 46.3 Å². The number of hydrogen-bond donors (Lipinski definition) is 0. The van der Waals surface area contributed by atoms with E-state index in [1.807, 2.05) is 0 Å². The third kappa shape index (κ3) is 3.06. The van der Waals surface area contributed by atoms with Crippen LogP contribution < -0.4 is 0 Å². The van der Waals surface area contributed by atoms with E-state index < -0.39 is 5.03 Å². The second-order valence-corrected chi connectivity index (χ2v) is 5.27. The van der Waals surface area contributed by atoms with E-state index in [0.717, 1.165) is 4.88 Å². The van der Waals surface area contributed by atoms with Crippen molar-refractivity contribution in [3.63, 3.8) is 0 Å². The molecule has 8 nitrogen and oxygen atoms in total. The van der Waals surface area contributed by atoms with Crippen LogP contribution in [0.25, 0.3) is 0 Å². The van der Waals surface area contributed by atoms with Crippen molar-refractivity contribution in [2.24, 2.45) is 5.10 Å². The highest BCUT2D eigenvalue weighted by molar-refractivity contribution is 7.15. The van der Waals surface area contributed by atoms with E-state index in [9.17, 15) is 10.1 Å². The molecule has 10 heteroatoms. The SMILES string of the molecule is CN1COCN(Cc2cnc(Cl)s2)/C1=N/[N+](=O)[O-].